The molecule has 3 heterocycles. The van der Waals surface area contributed by atoms with Crippen molar-refractivity contribution in [2.45, 2.75) is 165 Å². The van der Waals surface area contributed by atoms with E-state index in [1.807, 2.05) is 13.0 Å². The number of allylic oxidation sites excluding steroid dienone is 2. The lowest BCUT2D eigenvalue weighted by Crippen LogP contribution is -2.65. The fraction of sp³-hybridized carbons (Fsp3) is 0.816. The lowest BCUT2D eigenvalue weighted by molar-refractivity contribution is -0.344. The molecular formula is C38H63NO14. The number of hydrogen-bond acceptors (Lipinski definition) is 15. The second kappa shape index (κ2) is 20.6. The van der Waals surface area contributed by atoms with E-state index in [1.165, 1.54) is 14.0 Å². The van der Waals surface area contributed by atoms with Gasteiger partial charge in [-0.3, -0.25) is 9.59 Å². The number of carbonyl (C=O) groups is 3. The number of nitrogens with zero attached hydrogens (tertiary/aromatic N) is 1. The van der Waals surface area contributed by atoms with E-state index in [-0.39, 0.29) is 32.1 Å². The molecule has 0 aromatic heterocycles. The Balaban J connectivity index is 2.04. The summed E-state index contributed by atoms with van der Waals surface area (Å²) in [4.78, 5) is 40.0. The van der Waals surface area contributed by atoms with Crippen LogP contribution in [0.15, 0.2) is 24.3 Å². The Kier molecular flexibility index (Phi) is 17.5. The van der Waals surface area contributed by atoms with E-state index in [9.17, 15) is 34.8 Å². The van der Waals surface area contributed by atoms with Gasteiger partial charge in [0.1, 0.15) is 42.9 Å². The Hall–Kier alpha value is -2.31. The fourth-order valence-electron chi connectivity index (χ4n) is 7.38. The molecule has 3 aliphatic heterocycles. The molecule has 0 aromatic rings. The van der Waals surface area contributed by atoms with Crippen LogP contribution in [0.5, 0.6) is 0 Å². The normalized spacial score (nSPS) is 43.4. The van der Waals surface area contributed by atoms with Gasteiger partial charge in [-0.1, -0.05) is 38.2 Å². The number of aldehydes is 1. The van der Waals surface area contributed by atoms with Crippen molar-refractivity contribution >= 4 is 18.2 Å². The number of aliphatic hydroxyl groups is 4. The molecule has 0 amide bonds. The van der Waals surface area contributed by atoms with Crippen LogP contribution in [-0.2, 0) is 47.5 Å². The molecule has 53 heavy (non-hydrogen) atoms. The van der Waals surface area contributed by atoms with Crippen LogP contribution >= 0.6 is 0 Å². The van der Waals surface area contributed by atoms with Gasteiger partial charge in [0.05, 0.1) is 42.5 Å². The molecule has 304 valence electrons. The first-order valence-corrected chi connectivity index (χ1v) is 18.7. The first kappa shape index (κ1) is 45.1. The van der Waals surface area contributed by atoms with E-state index in [1.54, 1.807) is 64.9 Å². The molecule has 3 aliphatic rings. The van der Waals surface area contributed by atoms with Gasteiger partial charge in [0.25, 0.3) is 0 Å². The molecular weight excluding hydrogens is 694 g/mol. The molecule has 0 aliphatic carbocycles. The molecule has 0 radical (unpaired) electrons. The van der Waals surface area contributed by atoms with Gasteiger partial charge in [-0.05, 0) is 60.0 Å². The van der Waals surface area contributed by atoms with E-state index in [4.69, 9.17) is 33.2 Å². The zero-order valence-electron chi connectivity index (χ0n) is 32.6. The maximum Gasteiger partial charge on any atom is 0.309 e. The maximum atomic E-state index is 13.3. The van der Waals surface area contributed by atoms with Crippen molar-refractivity contribution in [2.75, 3.05) is 21.2 Å². The van der Waals surface area contributed by atoms with Crippen LogP contribution in [0.3, 0.4) is 0 Å². The Labute approximate surface area is 313 Å². The molecule has 0 spiro atoms. The van der Waals surface area contributed by atoms with Gasteiger partial charge in [0.2, 0.25) is 0 Å². The number of carbonyl (C=O) groups excluding carboxylic acids is 3. The highest BCUT2D eigenvalue weighted by Gasteiger charge is 2.52. The Bertz CT molecular complexity index is 1230. The van der Waals surface area contributed by atoms with Gasteiger partial charge in [-0.25, -0.2) is 0 Å². The minimum absolute atomic E-state index is 0.00772. The number of hydrogen-bond donors (Lipinski definition) is 4. The number of methoxy groups -OCH3 is 1. The Morgan fingerprint density at radius 3 is 2.34 bits per heavy atom. The average molecular weight is 758 g/mol. The standard InChI is InChI=1S/C38H63NO14/c1-10-28(42)51-27-19-29(43)48-22(3)14-12-11-13-15-26(41)21(2)18-25(16-17-40)34(35(27)47-9)53-37-32(44)31(39(7)8)33(23(4)50-37)52-30-20-38(6,46)36(45)24(5)49-30/h11-13,15,17,21-27,30-37,41,44-46H,10,14,16,18-20H2,1-9H3/b12-11+,15-13+/t21-,22-,23+,24-,25-,26+,27-,30-,31+,32+,33+,34+,35+,36-,37-,38+/m0/s1. The van der Waals surface area contributed by atoms with Crippen molar-refractivity contribution < 1.29 is 68.0 Å². The topological polar surface area (TPSA) is 200 Å². The Morgan fingerprint density at radius 2 is 1.74 bits per heavy atom. The van der Waals surface area contributed by atoms with Gasteiger partial charge >= 0.3 is 11.9 Å². The van der Waals surface area contributed by atoms with Gasteiger partial charge in [0.15, 0.2) is 12.6 Å². The van der Waals surface area contributed by atoms with Crippen molar-refractivity contribution in [1.82, 2.24) is 4.90 Å². The fourth-order valence-corrected chi connectivity index (χ4v) is 7.38. The van der Waals surface area contributed by atoms with Gasteiger partial charge in [-0.2, -0.15) is 0 Å². The van der Waals surface area contributed by atoms with E-state index >= 15 is 0 Å². The smallest absolute Gasteiger partial charge is 0.309 e. The SMILES string of the molecule is CCC(=O)O[C@H]1CC(=O)O[C@@H](C)C/C=C/C=C/[C@@H](O)[C@@H](C)C[C@H](CC=O)[C@@H](O[C@@H]2O[C@H](C)[C@@H](O[C@H]3C[C@@](C)(O)[C@@H](O)[C@H](C)O3)[C@H](N(C)C)[C@H]2O)[C@@H]1OC. The van der Waals surface area contributed by atoms with Crippen LogP contribution < -0.4 is 0 Å². The summed E-state index contributed by atoms with van der Waals surface area (Å²) in [6.45, 7) is 10.0. The number of ether oxygens (including phenoxy) is 7. The quantitative estimate of drug-likeness (QED) is 0.186. The highest BCUT2D eigenvalue weighted by molar-refractivity contribution is 5.72. The summed E-state index contributed by atoms with van der Waals surface area (Å²) in [6.07, 6.45) is -4.13. The summed E-state index contributed by atoms with van der Waals surface area (Å²) in [5, 5.41) is 44.2. The number of likely N-dealkylation sites (N-methyl/N-ethyl adjacent to an activating group) is 1. The van der Waals surface area contributed by atoms with Crippen LogP contribution in [-0.4, -0.2) is 150 Å². The number of rotatable bonds is 10. The molecule has 0 unspecified atom stereocenters. The highest BCUT2D eigenvalue weighted by atomic mass is 16.7. The third-order valence-corrected chi connectivity index (χ3v) is 10.4. The molecule has 2 saturated heterocycles. The molecule has 16 atom stereocenters. The van der Waals surface area contributed by atoms with Crippen LogP contribution in [0.25, 0.3) is 0 Å². The summed E-state index contributed by atoms with van der Waals surface area (Å²) < 4.78 is 42.6. The van der Waals surface area contributed by atoms with Gasteiger partial charge in [-0.15, -0.1) is 0 Å². The zero-order valence-corrected chi connectivity index (χ0v) is 32.6. The summed E-state index contributed by atoms with van der Waals surface area (Å²) in [7, 11) is 4.87. The molecule has 0 aromatic carbocycles. The van der Waals surface area contributed by atoms with Crippen molar-refractivity contribution in [1.29, 1.82) is 0 Å². The largest absolute Gasteiger partial charge is 0.462 e. The second-order valence-corrected chi connectivity index (χ2v) is 15.1. The van der Waals surface area contributed by atoms with E-state index in [0.717, 1.165) is 6.29 Å². The first-order chi connectivity index (χ1) is 24.9. The second-order valence-electron chi connectivity index (χ2n) is 15.1. The predicted molar refractivity (Wildman–Crippen MR) is 191 cm³/mol. The average Bonchev–Trinajstić information content (AvgIpc) is 3.07. The van der Waals surface area contributed by atoms with Crippen LogP contribution in [0.4, 0.5) is 0 Å². The molecule has 3 rings (SSSR count). The molecule has 15 heteroatoms. The number of aliphatic hydroxyl groups excluding tert-OH is 3. The third kappa shape index (κ3) is 12.3. The van der Waals surface area contributed by atoms with E-state index < -0.39 is 109 Å². The van der Waals surface area contributed by atoms with Crippen LogP contribution in [0, 0.1) is 11.8 Å². The van der Waals surface area contributed by atoms with Gasteiger partial charge in [0, 0.05) is 32.8 Å². The van der Waals surface area contributed by atoms with Gasteiger partial charge < -0.3 is 63.3 Å². The summed E-state index contributed by atoms with van der Waals surface area (Å²) in [5.74, 6) is -2.31. The molecule has 0 bridgehead atoms. The zero-order chi connectivity index (χ0) is 39.6. The molecule has 0 saturated carbocycles. The minimum Gasteiger partial charge on any atom is -0.462 e. The summed E-state index contributed by atoms with van der Waals surface area (Å²) >= 11 is 0. The number of cyclic esters (lactones) is 1. The van der Waals surface area contributed by atoms with Crippen molar-refractivity contribution in [2.24, 2.45) is 11.8 Å². The van der Waals surface area contributed by atoms with Crippen molar-refractivity contribution in [3.8, 4) is 0 Å². The predicted octanol–water partition coefficient (Wildman–Crippen LogP) is 1.81. The highest BCUT2D eigenvalue weighted by Crippen LogP contribution is 2.37. The summed E-state index contributed by atoms with van der Waals surface area (Å²) in [5.41, 5.74) is -1.48. The number of esters is 2. The summed E-state index contributed by atoms with van der Waals surface area (Å²) in [6, 6.07) is -0.750. The van der Waals surface area contributed by atoms with E-state index in [2.05, 4.69) is 0 Å². The third-order valence-electron chi connectivity index (χ3n) is 10.4. The minimum atomic E-state index is -1.48. The monoisotopic (exact) mass is 757 g/mol. The van der Waals surface area contributed by atoms with Crippen molar-refractivity contribution in [3.63, 3.8) is 0 Å². The van der Waals surface area contributed by atoms with Crippen LogP contribution in [0.1, 0.15) is 80.1 Å². The van der Waals surface area contributed by atoms with E-state index in [0.29, 0.717) is 6.42 Å². The first-order valence-electron chi connectivity index (χ1n) is 18.7. The van der Waals surface area contributed by atoms with Crippen LogP contribution in [0.2, 0.25) is 0 Å². The lowest BCUT2D eigenvalue weighted by atomic mass is 9.82. The lowest BCUT2D eigenvalue weighted by Gasteiger charge is -2.50. The Morgan fingerprint density at radius 1 is 1.04 bits per heavy atom. The molecule has 4 N–H and O–H groups in total. The molecule has 15 nitrogen and oxygen atoms in total. The molecule has 2 fully saturated rings. The van der Waals surface area contributed by atoms with Crippen molar-refractivity contribution in [3.05, 3.63) is 24.3 Å². The maximum absolute atomic E-state index is 13.3.